The van der Waals surface area contributed by atoms with Gasteiger partial charge < -0.3 is 29.3 Å². The number of nitrogens with zero attached hydrogens (tertiary/aromatic N) is 1. The van der Waals surface area contributed by atoms with Crippen molar-refractivity contribution < 1.29 is 34.0 Å². The number of likely N-dealkylation sites (tertiary alicyclic amines) is 1. The van der Waals surface area contributed by atoms with E-state index in [0.29, 0.717) is 34.4 Å². The predicted octanol–water partition coefficient (Wildman–Crippen LogP) is 3.63. The number of rotatable bonds is 8. The maximum absolute atomic E-state index is 13.0. The Kier molecular flexibility index (Phi) is 7.42. The standard InChI is InChI=1S/C23H24BrNO7/c1-30-10-4-9-25-20(13-5-8-18(32-3)16(26)12-13)19(22(28)23(25)29)21(27)14-6-7-17(31-2)15(24)11-14/h5-8,11-12,20,26-27H,4,9-10H2,1-3H3/b21-19-. The van der Waals surface area contributed by atoms with E-state index in [9.17, 15) is 19.8 Å². The number of ether oxygens (including phenoxy) is 3. The summed E-state index contributed by atoms with van der Waals surface area (Å²) >= 11 is 3.37. The zero-order chi connectivity index (χ0) is 23.4. The number of carbonyl (C=O) groups is 2. The van der Waals surface area contributed by atoms with E-state index >= 15 is 0 Å². The topological polar surface area (TPSA) is 106 Å². The molecule has 9 heteroatoms. The van der Waals surface area contributed by atoms with Crippen LogP contribution in [0.15, 0.2) is 46.4 Å². The van der Waals surface area contributed by atoms with Crippen molar-refractivity contribution in [2.24, 2.45) is 0 Å². The number of aliphatic hydroxyl groups is 1. The number of amides is 1. The van der Waals surface area contributed by atoms with Crippen molar-refractivity contribution in [3.63, 3.8) is 0 Å². The molecule has 0 aromatic heterocycles. The van der Waals surface area contributed by atoms with Crippen LogP contribution in [0.3, 0.4) is 0 Å². The molecule has 8 nitrogen and oxygen atoms in total. The molecule has 1 heterocycles. The summed E-state index contributed by atoms with van der Waals surface area (Å²) in [5.74, 6) is -1.18. The fraction of sp³-hybridized carbons (Fsp3) is 0.304. The van der Waals surface area contributed by atoms with Gasteiger partial charge in [-0.2, -0.15) is 0 Å². The zero-order valence-corrected chi connectivity index (χ0v) is 19.5. The van der Waals surface area contributed by atoms with Gasteiger partial charge in [-0.25, -0.2) is 0 Å². The summed E-state index contributed by atoms with van der Waals surface area (Å²) < 4.78 is 16.0. The number of phenols is 1. The number of hydrogen-bond acceptors (Lipinski definition) is 7. The maximum atomic E-state index is 13.0. The molecule has 2 aromatic carbocycles. The Hall–Kier alpha value is -3.04. The van der Waals surface area contributed by atoms with Crippen LogP contribution in [0.1, 0.15) is 23.6 Å². The molecule has 1 atom stereocenters. The van der Waals surface area contributed by atoms with Crippen LogP contribution in [-0.4, -0.2) is 61.3 Å². The van der Waals surface area contributed by atoms with E-state index in [1.165, 1.54) is 25.2 Å². The Balaban J connectivity index is 2.15. The Labute approximate surface area is 194 Å². The SMILES string of the molecule is COCCCN1C(=O)C(=O)/C(=C(\O)c2ccc(OC)c(Br)c2)C1c1ccc(OC)c(O)c1. The number of benzene rings is 2. The highest BCUT2D eigenvalue weighted by Gasteiger charge is 2.46. The number of carbonyl (C=O) groups excluding carboxylic acids is 2. The molecular formula is C23H24BrNO7. The molecule has 1 fully saturated rings. The van der Waals surface area contributed by atoms with Crippen LogP contribution in [0.4, 0.5) is 0 Å². The van der Waals surface area contributed by atoms with Gasteiger partial charge in [0.2, 0.25) is 0 Å². The third-order valence-corrected chi connectivity index (χ3v) is 5.85. The number of phenolic OH excluding ortho intramolecular Hbond substituents is 1. The Morgan fingerprint density at radius 3 is 2.34 bits per heavy atom. The van der Waals surface area contributed by atoms with Crippen LogP contribution >= 0.6 is 15.9 Å². The van der Waals surface area contributed by atoms with E-state index in [2.05, 4.69) is 15.9 Å². The van der Waals surface area contributed by atoms with Gasteiger partial charge in [0, 0.05) is 25.8 Å². The quantitative estimate of drug-likeness (QED) is 0.244. The molecule has 2 aromatic rings. The lowest BCUT2D eigenvalue weighted by molar-refractivity contribution is -0.140. The lowest BCUT2D eigenvalue weighted by atomic mass is 9.95. The van der Waals surface area contributed by atoms with Gasteiger partial charge in [-0.3, -0.25) is 9.59 Å². The highest BCUT2D eigenvalue weighted by molar-refractivity contribution is 9.10. The second-order valence-corrected chi connectivity index (χ2v) is 7.97. The molecule has 1 unspecified atom stereocenters. The fourth-order valence-corrected chi connectivity index (χ4v) is 4.22. The smallest absolute Gasteiger partial charge is 0.295 e. The van der Waals surface area contributed by atoms with Crippen LogP contribution in [0, 0.1) is 0 Å². The summed E-state index contributed by atoms with van der Waals surface area (Å²) in [6.45, 7) is 0.633. The maximum Gasteiger partial charge on any atom is 0.295 e. The lowest BCUT2D eigenvalue weighted by Crippen LogP contribution is -2.31. The van der Waals surface area contributed by atoms with Gasteiger partial charge in [-0.15, -0.1) is 0 Å². The Bertz CT molecular complexity index is 1070. The molecule has 1 amide bonds. The zero-order valence-electron chi connectivity index (χ0n) is 17.9. The van der Waals surface area contributed by atoms with E-state index in [1.807, 2.05) is 0 Å². The molecule has 2 N–H and O–H groups in total. The summed E-state index contributed by atoms with van der Waals surface area (Å²) in [6.07, 6.45) is 0.496. The minimum Gasteiger partial charge on any atom is -0.507 e. The van der Waals surface area contributed by atoms with Gasteiger partial charge >= 0.3 is 0 Å². The highest BCUT2D eigenvalue weighted by Crippen LogP contribution is 2.42. The third kappa shape index (κ3) is 4.44. The van der Waals surface area contributed by atoms with Crippen LogP contribution < -0.4 is 9.47 Å². The monoisotopic (exact) mass is 505 g/mol. The molecule has 1 saturated heterocycles. The number of ketones is 1. The van der Waals surface area contributed by atoms with Crippen molar-refractivity contribution in [2.45, 2.75) is 12.5 Å². The van der Waals surface area contributed by atoms with Gasteiger partial charge in [0.15, 0.2) is 11.5 Å². The van der Waals surface area contributed by atoms with Crippen molar-refractivity contribution in [3.05, 3.63) is 57.6 Å². The second kappa shape index (κ2) is 10.1. The second-order valence-electron chi connectivity index (χ2n) is 7.12. The van der Waals surface area contributed by atoms with Crippen LogP contribution in [0.2, 0.25) is 0 Å². The normalized spacial score (nSPS) is 17.6. The average molecular weight is 506 g/mol. The van der Waals surface area contributed by atoms with Crippen LogP contribution in [-0.2, 0) is 14.3 Å². The summed E-state index contributed by atoms with van der Waals surface area (Å²) in [6, 6.07) is 8.58. The number of halogens is 1. The Morgan fingerprint density at radius 1 is 1.06 bits per heavy atom. The molecule has 0 radical (unpaired) electrons. The number of aliphatic hydroxyl groups excluding tert-OH is 1. The lowest BCUT2D eigenvalue weighted by Gasteiger charge is -2.25. The molecule has 0 spiro atoms. The summed E-state index contributed by atoms with van der Waals surface area (Å²) in [5, 5.41) is 21.4. The molecule has 1 aliphatic heterocycles. The molecule has 0 bridgehead atoms. The number of Topliss-reactive ketones (excluding diaryl/α,β-unsaturated/α-hetero) is 1. The van der Waals surface area contributed by atoms with Crippen molar-refractivity contribution in [2.75, 3.05) is 34.5 Å². The predicted molar refractivity (Wildman–Crippen MR) is 121 cm³/mol. The molecular weight excluding hydrogens is 482 g/mol. The van der Waals surface area contributed by atoms with Crippen molar-refractivity contribution in [1.29, 1.82) is 0 Å². The van der Waals surface area contributed by atoms with Crippen molar-refractivity contribution in [3.8, 4) is 17.2 Å². The van der Waals surface area contributed by atoms with Crippen LogP contribution in [0.5, 0.6) is 17.2 Å². The van der Waals surface area contributed by atoms with E-state index in [4.69, 9.17) is 14.2 Å². The molecule has 3 rings (SSSR count). The summed E-state index contributed by atoms with van der Waals surface area (Å²) in [7, 11) is 4.49. The fourth-order valence-electron chi connectivity index (χ4n) is 3.68. The van der Waals surface area contributed by atoms with Gasteiger partial charge in [0.05, 0.1) is 30.3 Å². The first kappa shape index (κ1) is 23.6. The first-order valence-electron chi connectivity index (χ1n) is 9.82. The average Bonchev–Trinajstić information content (AvgIpc) is 3.03. The van der Waals surface area contributed by atoms with E-state index in [1.54, 1.807) is 37.4 Å². The number of aromatic hydroxyl groups is 1. The minimum atomic E-state index is -0.885. The molecule has 170 valence electrons. The Morgan fingerprint density at radius 2 is 1.75 bits per heavy atom. The minimum absolute atomic E-state index is 0.0611. The highest BCUT2D eigenvalue weighted by atomic mass is 79.9. The molecule has 1 aliphatic rings. The molecule has 0 saturated carbocycles. The number of hydrogen-bond donors (Lipinski definition) is 2. The van der Waals surface area contributed by atoms with E-state index in [-0.39, 0.29) is 29.4 Å². The van der Waals surface area contributed by atoms with E-state index < -0.39 is 17.7 Å². The first-order chi connectivity index (χ1) is 15.3. The van der Waals surface area contributed by atoms with Crippen molar-refractivity contribution in [1.82, 2.24) is 4.90 Å². The summed E-state index contributed by atoms with van der Waals surface area (Å²) in [5.41, 5.74) is 0.749. The molecule has 32 heavy (non-hydrogen) atoms. The van der Waals surface area contributed by atoms with Gasteiger partial charge in [-0.1, -0.05) is 6.07 Å². The van der Waals surface area contributed by atoms with Crippen LogP contribution in [0.25, 0.3) is 5.76 Å². The van der Waals surface area contributed by atoms with Gasteiger partial charge in [0.25, 0.3) is 11.7 Å². The number of methoxy groups -OCH3 is 3. The largest absolute Gasteiger partial charge is 0.507 e. The van der Waals surface area contributed by atoms with Gasteiger partial charge in [0.1, 0.15) is 11.5 Å². The van der Waals surface area contributed by atoms with Gasteiger partial charge in [-0.05, 0) is 58.2 Å². The summed E-state index contributed by atoms with van der Waals surface area (Å²) in [4.78, 5) is 27.3. The van der Waals surface area contributed by atoms with E-state index in [0.717, 1.165) is 0 Å². The van der Waals surface area contributed by atoms with Crippen molar-refractivity contribution >= 4 is 33.4 Å². The third-order valence-electron chi connectivity index (χ3n) is 5.23. The first-order valence-corrected chi connectivity index (χ1v) is 10.6. The molecule has 0 aliphatic carbocycles.